The third-order valence-corrected chi connectivity index (χ3v) is 6.13. The van der Waals surface area contributed by atoms with Crippen molar-refractivity contribution in [2.75, 3.05) is 5.32 Å². The fourth-order valence-electron chi connectivity index (χ4n) is 4.37. The minimum Gasteiger partial charge on any atom is -0.367 e. The number of aromatic nitrogens is 3. The molecule has 1 N–H and O–H groups in total. The zero-order valence-electron chi connectivity index (χ0n) is 21.0. The summed E-state index contributed by atoms with van der Waals surface area (Å²) in [5, 5.41) is 4.40. The minimum absolute atomic E-state index is 0.0242. The van der Waals surface area contributed by atoms with Crippen molar-refractivity contribution in [2.45, 2.75) is 33.0 Å². The van der Waals surface area contributed by atoms with Gasteiger partial charge in [-0.25, -0.2) is 9.97 Å². The summed E-state index contributed by atoms with van der Waals surface area (Å²) in [5.41, 5.74) is 5.82. The number of pyridine rings is 1. The quantitative estimate of drug-likeness (QED) is 0.276. The van der Waals surface area contributed by atoms with E-state index in [2.05, 4.69) is 64.4 Å². The Morgan fingerprint density at radius 1 is 0.811 bits per heavy atom. The Balaban J connectivity index is 1.46. The van der Waals surface area contributed by atoms with Crippen LogP contribution in [0.5, 0.6) is 0 Å². The Morgan fingerprint density at radius 2 is 1.54 bits per heavy atom. The standard InChI is InChI=1S/C31H29N5O/c1-22(2)35-30-28-18-27(11-12-29(28)33-21-34-30)26-10-6-9-24(17-26)20-36(19-23-7-4-3-5-8-23)31(37)25-13-15-32-16-14-25/h3-18,21-22H,19-20H2,1-2H3,(H,33,34,35). The monoisotopic (exact) mass is 487 g/mol. The molecule has 0 bridgehead atoms. The number of nitrogens with zero attached hydrogens (tertiary/aromatic N) is 4. The van der Waals surface area contributed by atoms with Crippen molar-refractivity contribution < 1.29 is 4.79 Å². The number of rotatable bonds is 8. The zero-order valence-corrected chi connectivity index (χ0v) is 21.0. The van der Waals surface area contributed by atoms with Gasteiger partial charge in [0, 0.05) is 42.5 Å². The average Bonchev–Trinajstić information content (AvgIpc) is 2.93. The van der Waals surface area contributed by atoms with Gasteiger partial charge in [-0.15, -0.1) is 0 Å². The number of fused-ring (bicyclic) bond motifs is 1. The van der Waals surface area contributed by atoms with Gasteiger partial charge in [0.15, 0.2) is 0 Å². The molecule has 5 rings (SSSR count). The second-order valence-corrected chi connectivity index (χ2v) is 9.34. The third kappa shape index (κ3) is 5.81. The fraction of sp³-hybridized carbons (Fsp3) is 0.161. The molecular weight excluding hydrogens is 458 g/mol. The molecule has 37 heavy (non-hydrogen) atoms. The fourth-order valence-corrected chi connectivity index (χ4v) is 4.37. The summed E-state index contributed by atoms with van der Waals surface area (Å²) in [6, 6.07) is 28.4. The second-order valence-electron chi connectivity index (χ2n) is 9.34. The first-order valence-corrected chi connectivity index (χ1v) is 12.4. The molecule has 0 aliphatic heterocycles. The molecule has 0 atom stereocenters. The summed E-state index contributed by atoms with van der Waals surface area (Å²) >= 11 is 0. The van der Waals surface area contributed by atoms with Crippen molar-refractivity contribution in [2.24, 2.45) is 0 Å². The Morgan fingerprint density at radius 3 is 2.32 bits per heavy atom. The SMILES string of the molecule is CC(C)Nc1ncnc2ccc(-c3cccc(CN(Cc4ccccc4)C(=O)c4ccncc4)c3)cc12. The van der Waals surface area contributed by atoms with Crippen LogP contribution in [0.15, 0.2) is 104 Å². The molecule has 0 fully saturated rings. The molecule has 184 valence electrons. The predicted molar refractivity (Wildman–Crippen MR) is 148 cm³/mol. The number of amides is 1. The van der Waals surface area contributed by atoms with E-state index in [1.54, 1.807) is 30.9 Å². The van der Waals surface area contributed by atoms with Gasteiger partial charge in [0.05, 0.1) is 5.52 Å². The van der Waals surface area contributed by atoms with Crippen molar-refractivity contribution in [3.8, 4) is 11.1 Å². The maximum Gasteiger partial charge on any atom is 0.254 e. The van der Waals surface area contributed by atoms with Crippen molar-refractivity contribution >= 4 is 22.6 Å². The number of carbonyl (C=O) groups is 1. The zero-order chi connectivity index (χ0) is 25.6. The molecular formula is C31H29N5O. The first-order chi connectivity index (χ1) is 18.1. The Kier molecular flexibility index (Phi) is 7.17. The second kappa shape index (κ2) is 11.0. The lowest BCUT2D eigenvalue weighted by molar-refractivity contribution is 0.0730. The first kappa shape index (κ1) is 24.1. The molecule has 0 radical (unpaired) electrons. The number of hydrogen-bond donors (Lipinski definition) is 1. The normalized spacial score (nSPS) is 11.0. The highest BCUT2D eigenvalue weighted by atomic mass is 16.2. The topological polar surface area (TPSA) is 71.0 Å². The molecule has 3 aromatic carbocycles. The van der Waals surface area contributed by atoms with Gasteiger partial charge >= 0.3 is 0 Å². The van der Waals surface area contributed by atoms with Gasteiger partial charge in [-0.2, -0.15) is 0 Å². The van der Waals surface area contributed by atoms with Crippen LogP contribution in [0.4, 0.5) is 5.82 Å². The van der Waals surface area contributed by atoms with Crippen LogP contribution in [0.2, 0.25) is 0 Å². The molecule has 0 saturated heterocycles. The van der Waals surface area contributed by atoms with E-state index in [1.807, 2.05) is 47.4 Å². The van der Waals surface area contributed by atoms with E-state index in [1.165, 1.54) is 0 Å². The number of anilines is 1. The van der Waals surface area contributed by atoms with Gasteiger partial charge in [-0.3, -0.25) is 9.78 Å². The lowest BCUT2D eigenvalue weighted by Gasteiger charge is -2.23. The maximum atomic E-state index is 13.5. The van der Waals surface area contributed by atoms with Gasteiger partial charge in [-0.1, -0.05) is 54.6 Å². The van der Waals surface area contributed by atoms with Gasteiger partial charge in [-0.05, 0) is 66.4 Å². The molecule has 0 aliphatic rings. The van der Waals surface area contributed by atoms with Gasteiger partial charge in [0.25, 0.3) is 5.91 Å². The van der Waals surface area contributed by atoms with Crippen LogP contribution in [0.25, 0.3) is 22.0 Å². The van der Waals surface area contributed by atoms with Crippen LogP contribution < -0.4 is 5.32 Å². The molecule has 6 heteroatoms. The summed E-state index contributed by atoms with van der Waals surface area (Å²) in [7, 11) is 0. The molecule has 5 aromatic rings. The maximum absolute atomic E-state index is 13.5. The van der Waals surface area contributed by atoms with E-state index in [0.717, 1.165) is 39.0 Å². The highest BCUT2D eigenvalue weighted by Gasteiger charge is 2.17. The number of carbonyl (C=O) groups excluding carboxylic acids is 1. The summed E-state index contributed by atoms with van der Waals surface area (Å²) in [5.74, 6) is 0.805. The molecule has 0 spiro atoms. The van der Waals surface area contributed by atoms with Crippen LogP contribution in [0.1, 0.15) is 35.3 Å². The molecule has 0 unspecified atom stereocenters. The van der Waals surface area contributed by atoms with E-state index in [-0.39, 0.29) is 11.9 Å². The molecule has 2 heterocycles. The van der Waals surface area contributed by atoms with Crippen molar-refractivity contribution in [3.63, 3.8) is 0 Å². The Hall–Kier alpha value is -4.58. The van der Waals surface area contributed by atoms with E-state index >= 15 is 0 Å². The number of hydrogen-bond acceptors (Lipinski definition) is 5. The van der Waals surface area contributed by atoms with Crippen LogP contribution >= 0.6 is 0 Å². The van der Waals surface area contributed by atoms with Crippen molar-refractivity contribution in [1.29, 1.82) is 0 Å². The molecule has 0 saturated carbocycles. The average molecular weight is 488 g/mol. The van der Waals surface area contributed by atoms with Gasteiger partial charge < -0.3 is 10.2 Å². The highest BCUT2D eigenvalue weighted by Crippen LogP contribution is 2.28. The molecule has 1 amide bonds. The summed E-state index contributed by atoms with van der Waals surface area (Å²) < 4.78 is 0. The molecule has 6 nitrogen and oxygen atoms in total. The Labute approximate surface area is 217 Å². The summed E-state index contributed by atoms with van der Waals surface area (Å²) in [6.45, 7) is 5.19. The minimum atomic E-state index is -0.0242. The molecule has 2 aromatic heterocycles. The molecule has 0 aliphatic carbocycles. The van der Waals surface area contributed by atoms with Crippen LogP contribution in [0, 0.1) is 0 Å². The predicted octanol–water partition coefficient (Wildman–Crippen LogP) is 6.35. The number of benzene rings is 3. The van der Waals surface area contributed by atoms with Crippen LogP contribution in [-0.2, 0) is 13.1 Å². The highest BCUT2D eigenvalue weighted by molar-refractivity contribution is 5.94. The van der Waals surface area contributed by atoms with E-state index in [0.29, 0.717) is 18.7 Å². The van der Waals surface area contributed by atoms with E-state index in [9.17, 15) is 4.79 Å². The van der Waals surface area contributed by atoms with Crippen LogP contribution in [0.3, 0.4) is 0 Å². The van der Waals surface area contributed by atoms with E-state index < -0.39 is 0 Å². The lowest BCUT2D eigenvalue weighted by atomic mass is 10.0. The van der Waals surface area contributed by atoms with Crippen molar-refractivity contribution in [3.05, 3.63) is 120 Å². The summed E-state index contributed by atoms with van der Waals surface area (Å²) in [4.78, 5) is 28.3. The largest absolute Gasteiger partial charge is 0.367 e. The first-order valence-electron chi connectivity index (χ1n) is 12.4. The smallest absolute Gasteiger partial charge is 0.254 e. The van der Waals surface area contributed by atoms with Gasteiger partial charge in [0.2, 0.25) is 0 Å². The third-order valence-electron chi connectivity index (χ3n) is 6.13. The Bertz CT molecular complexity index is 1500. The van der Waals surface area contributed by atoms with Gasteiger partial charge in [0.1, 0.15) is 12.1 Å². The van der Waals surface area contributed by atoms with E-state index in [4.69, 9.17) is 0 Å². The van der Waals surface area contributed by atoms with Crippen molar-refractivity contribution in [1.82, 2.24) is 19.9 Å². The number of nitrogens with one attached hydrogen (secondary N) is 1. The van der Waals surface area contributed by atoms with Crippen LogP contribution in [-0.4, -0.2) is 31.8 Å². The lowest BCUT2D eigenvalue weighted by Crippen LogP contribution is -2.30. The summed E-state index contributed by atoms with van der Waals surface area (Å²) in [6.07, 6.45) is 4.90.